The Bertz CT molecular complexity index is 8480. The quantitative estimate of drug-likeness (QED) is 0.0983. The van der Waals surface area contributed by atoms with Crippen LogP contribution in [-0.2, 0) is 0 Å². The summed E-state index contributed by atoms with van der Waals surface area (Å²) < 4.78 is 0. The average molecular weight is 1680 g/mol. The van der Waals surface area contributed by atoms with Gasteiger partial charge in [-0.3, -0.25) is 39.9 Å². The van der Waals surface area contributed by atoms with E-state index in [1.165, 1.54) is 27.8 Å². The van der Waals surface area contributed by atoms with Crippen LogP contribution in [0, 0.1) is 0 Å². The summed E-state index contributed by atoms with van der Waals surface area (Å²) in [6.07, 6.45) is 14.8. The van der Waals surface area contributed by atoms with Crippen molar-refractivity contribution in [1.29, 1.82) is 0 Å². The SMILES string of the molecule is c1ccc(-c2c3ccccc3nc3c2ccc2ccc(-c4ccc(-c5ccnc6c5ccc5cccnc56)cc4)nc23)cc1.c1ccc(-c2c3ccccc3nc3c2ccc2ccc(-c4ccc(-c5ccnc6c5ccc5cccnc56)cn4)nc23)cc1.c1ccc(-c2c3ccccc3nc3c2ccc2ccc(-c4ccc(-c5ccnc6c5ccc5cccnc56)nc4)nc23)cc1. The van der Waals surface area contributed by atoms with Gasteiger partial charge in [0.05, 0.1) is 111 Å². The van der Waals surface area contributed by atoms with Gasteiger partial charge in [0.25, 0.3) is 0 Å². The maximum atomic E-state index is 5.22. The van der Waals surface area contributed by atoms with Gasteiger partial charge in [-0.25, -0.2) is 29.9 Å². The number of pyridine rings is 14. The molecule has 0 unspecified atom stereocenters. The minimum atomic E-state index is 0.808. The molecule has 14 heteroatoms. The molecule has 0 spiro atoms. The molecule has 132 heavy (non-hydrogen) atoms. The molecule has 0 fully saturated rings. The first kappa shape index (κ1) is 76.3. The van der Waals surface area contributed by atoms with E-state index in [0.717, 1.165) is 237 Å². The number of nitrogens with zero attached hydrogens (tertiary/aromatic N) is 14. The zero-order valence-corrected chi connectivity index (χ0v) is 70.7. The molecule has 0 aliphatic heterocycles. The second kappa shape index (κ2) is 32.1. The van der Waals surface area contributed by atoms with Crippen molar-refractivity contribution in [3.63, 3.8) is 0 Å². The van der Waals surface area contributed by atoms with E-state index < -0.39 is 0 Å². The van der Waals surface area contributed by atoms with E-state index in [2.05, 4.69) is 333 Å². The summed E-state index contributed by atoms with van der Waals surface area (Å²) in [7, 11) is 0. The fourth-order valence-corrected chi connectivity index (χ4v) is 19.0. The zero-order valence-electron chi connectivity index (χ0n) is 70.7. The van der Waals surface area contributed by atoms with Gasteiger partial charge >= 0.3 is 0 Å². The molecule has 0 bridgehead atoms. The second-order valence-electron chi connectivity index (χ2n) is 32.9. The highest BCUT2D eigenvalue weighted by atomic mass is 14.8. The normalized spacial score (nSPS) is 11.6. The van der Waals surface area contributed by atoms with Crippen molar-refractivity contribution >= 4 is 164 Å². The minimum Gasteiger partial charge on any atom is -0.256 e. The average Bonchev–Trinajstić information content (AvgIpc) is 0.758. The lowest BCUT2D eigenvalue weighted by atomic mass is 9.95. The van der Waals surface area contributed by atoms with Crippen molar-refractivity contribution < 1.29 is 0 Å². The van der Waals surface area contributed by atoms with Crippen LogP contribution in [0.25, 0.3) is 264 Å². The molecule has 13 aromatic carbocycles. The van der Waals surface area contributed by atoms with E-state index in [1.54, 1.807) is 0 Å². The first-order valence-corrected chi connectivity index (χ1v) is 43.9. The van der Waals surface area contributed by atoms with Gasteiger partial charge in [-0.1, -0.05) is 285 Å². The summed E-state index contributed by atoms with van der Waals surface area (Å²) in [6.45, 7) is 0. The van der Waals surface area contributed by atoms with E-state index in [4.69, 9.17) is 39.9 Å². The van der Waals surface area contributed by atoms with Crippen LogP contribution in [-0.4, -0.2) is 69.8 Å². The summed E-state index contributed by atoms with van der Waals surface area (Å²) in [5.74, 6) is 0. The summed E-state index contributed by atoms with van der Waals surface area (Å²) in [4.78, 5) is 68.5. The summed E-state index contributed by atoms with van der Waals surface area (Å²) in [5.41, 5.74) is 32.4. The number of hydrogen-bond acceptors (Lipinski definition) is 14. The Morgan fingerprint density at radius 1 is 0.129 bits per heavy atom. The van der Waals surface area contributed by atoms with Gasteiger partial charge in [0, 0.05) is 169 Å². The summed E-state index contributed by atoms with van der Waals surface area (Å²) in [6, 6.07) is 130. The van der Waals surface area contributed by atoms with Crippen molar-refractivity contribution in [3.8, 4) is 101 Å². The Morgan fingerprint density at radius 2 is 0.432 bits per heavy atom. The largest absolute Gasteiger partial charge is 0.256 e. The van der Waals surface area contributed by atoms with Crippen molar-refractivity contribution in [2.45, 2.75) is 0 Å². The van der Waals surface area contributed by atoms with Gasteiger partial charge in [-0.2, -0.15) is 0 Å². The first-order valence-electron chi connectivity index (χ1n) is 43.9. The molecule has 0 aliphatic carbocycles. The highest BCUT2D eigenvalue weighted by Gasteiger charge is 2.22. The molecule has 14 aromatic heterocycles. The highest BCUT2D eigenvalue weighted by Crippen LogP contribution is 2.44. The second-order valence-corrected chi connectivity index (χ2v) is 32.9. The molecule has 14 nitrogen and oxygen atoms in total. The van der Waals surface area contributed by atoms with Crippen molar-refractivity contribution in [2.75, 3.05) is 0 Å². The lowest BCUT2D eigenvalue weighted by molar-refractivity contribution is 1.28. The molecule has 0 amide bonds. The van der Waals surface area contributed by atoms with Crippen molar-refractivity contribution in [1.82, 2.24) is 69.8 Å². The van der Waals surface area contributed by atoms with Crippen LogP contribution in [0.5, 0.6) is 0 Å². The predicted octanol–water partition coefficient (Wildman–Crippen LogP) is 28.9. The van der Waals surface area contributed by atoms with Gasteiger partial charge in [-0.05, 0) is 124 Å². The van der Waals surface area contributed by atoms with E-state index in [0.29, 0.717) is 0 Å². The van der Waals surface area contributed by atoms with E-state index >= 15 is 0 Å². The third-order valence-electron chi connectivity index (χ3n) is 25.3. The monoisotopic (exact) mass is 1680 g/mol. The molecular formula is C118H70N14. The third kappa shape index (κ3) is 13.4. The fraction of sp³-hybridized carbons (Fsp3) is 0. The maximum Gasteiger partial charge on any atom is 0.0978 e. The van der Waals surface area contributed by atoms with Gasteiger partial charge < -0.3 is 0 Å². The molecule has 612 valence electrons. The van der Waals surface area contributed by atoms with Crippen LogP contribution < -0.4 is 0 Å². The molecule has 0 N–H and O–H groups in total. The van der Waals surface area contributed by atoms with Gasteiger partial charge in [0.2, 0.25) is 0 Å². The molecule has 0 saturated carbocycles. The van der Waals surface area contributed by atoms with Crippen LogP contribution in [0.4, 0.5) is 0 Å². The number of hydrogen-bond donors (Lipinski definition) is 0. The number of para-hydroxylation sites is 3. The number of rotatable bonds is 9. The number of benzene rings is 13. The van der Waals surface area contributed by atoms with Gasteiger partial charge in [0.1, 0.15) is 0 Å². The highest BCUT2D eigenvalue weighted by molar-refractivity contribution is 6.20. The summed E-state index contributed by atoms with van der Waals surface area (Å²) in [5, 5.41) is 16.3. The first-order chi connectivity index (χ1) is 65.4. The third-order valence-corrected chi connectivity index (χ3v) is 25.3. The Labute approximate surface area is 754 Å². The van der Waals surface area contributed by atoms with Crippen LogP contribution >= 0.6 is 0 Å². The fourth-order valence-electron chi connectivity index (χ4n) is 19.0. The molecule has 0 saturated heterocycles. The predicted molar refractivity (Wildman–Crippen MR) is 540 cm³/mol. The van der Waals surface area contributed by atoms with Crippen molar-refractivity contribution in [2.24, 2.45) is 0 Å². The topological polar surface area (TPSA) is 180 Å². The Kier molecular flexibility index (Phi) is 18.5. The lowest BCUT2D eigenvalue weighted by Crippen LogP contribution is -1.94. The Hall–Kier alpha value is -18.1. The number of fused-ring (bicyclic) bond motifs is 21. The van der Waals surface area contributed by atoms with E-state index in [-0.39, 0.29) is 0 Å². The van der Waals surface area contributed by atoms with Crippen LogP contribution in [0.1, 0.15) is 0 Å². The zero-order chi connectivity index (χ0) is 87.1. The van der Waals surface area contributed by atoms with Crippen LogP contribution in [0.2, 0.25) is 0 Å². The van der Waals surface area contributed by atoms with Crippen LogP contribution in [0.15, 0.2) is 426 Å². The standard InChI is InChI=1S/C40H24N4.2C39H23N5/c1-2-7-27(8-3-1)36-32-10-4-5-11-35(32)44-40-33(36)20-17-29-18-21-34(43-38(29)40)26-14-12-25(13-15-26)30-22-24-42-39-31(30)19-16-28-9-6-23-41-37(28)39;1-2-7-24(8-3-1)35-30-10-4-5-11-32(30)43-39-31(35)17-13-26-14-19-34(44-37(26)39)33-18-15-27(23-42-33)28-20-22-41-38-29(28)16-12-25-9-6-21-40-36(25)38;1-2-7-24(8-3-1)35-30-10-4-5-11-34(30)44-39-31(35)17-13-26-14-18-32(43-37(26)39)27-15-19-33(42-23-27)28-20-22-41-38-29(28)16-12-25-9-6-21-40-36(25)38/h1-24H;2*1-23H. The molecule has 0 atom stereocenters. The lowest BCUT2D eigenvalue weighted by Gasteiger charge is -2.13. The maximum absolute atomic E-state index is 5.22. The van der Waals surface area contributed by atoms with Gasteiger partial charge in [0.15, 0.2) is 0 Å². The molecule has 0 aliphatic rings. The summed E-state index contributed by atoms with van der Waals surface area (Å²) >= 11 is 0. The Balaban J connectivity index is 0.000000106. The van der Waals surface area contributed by atoms with E-state index in [9.17, 15) is 0 Å². The minimum absolute atomic E-state index is 0.808. The Morgan fingerprint density at radius 3 is 0.848 bits per heavy atom. The molecule has 14 heterocycles. The molecule has 0 radical (unpaired) electrons. The molecule has 27 rings (SSSR count). The number of aromatic nitrogens is 14. The van der Waals surface area contributed by atoms with Crippen molar-refractivity contribution in [3.05, 3.63) is 426 Å². The molecular weight excluding hydrogens is 1610 g/mol. The smallest absolute Gasteiger partial charge is 0.0978 e. The van der Waals surface area contributed by atoms with E-state index in [1.807, 2.05) is 122 Å². The molecule has 27 aromatic rings. The van der Waals surface area contributed by atoms with Gasteiger partial charge in [-0.15, -0.1) is 0 Å². The van der Waals surface area contributed by atoms with Crippen LogP contribution in [0.3, 0.4) is 0 Å².